The number of rotatable bonds is 7. The third-order valence-electron chi connectivity index (χ3n) is 3.86. The van der Waals surface area contributed by atoms with Crippen LogP contribution in [0.4, 0.5) is 0 Å². The van der Waals surface area contributed by atoms with Crippen LogP contribution in [-0.2, 0) is 15.6 Å². The highest BCUT2D eigenvalue weighted by atomic mass is 32.2. The van der Waals surface area contributed by atoms with E-state index < -0.39 is 10.8 Å². The minimum atomic E-state index is -0.796. The fourth-order valence-electron chi connectivity index (χ4n) is 2.80. The van der Waals surface area contributed by atoms with Crippen LogP contribution in [0.3, 0.4) is 0 Å². The van der Waals surface area contributed by atoms with E-state index in [9.17, 15) is 9.00 Å². The van der Waals surface area contributed by atoms with Crippen LogP contribution in [0.15, 0.2) is 0 Å². The Labute approximate surface area is 126 Å². The van der Waals surface area contributed by atoms with Gasteiger partial charge in [0.05, 0.1) is 12.2 Å². The number of carbonyl (C=O) groups is 1. The van der Waals surface area contributed by atoms with E-state index in [1.54, 1.807) is 6.26 Å². The van der Waals surface area contributed by atoms with Crippen LogP contribution in [0, 0.1) is 11.8 Å². The van der Waals surface area contributed by atoms with Gasteiger partial charge in [0.1, 0.15) is 0 Å². The Balaban J connectivity index is 2.78. The van der Waals surface area contributed by atoms with Crippen molar-refractivity contribution in [1.82, 2.24) is 10.2 Å². The quantitative estimate of drug-likeness (QED) is 0.782. The van der Waals surface area contributed by atoms with Gasteiger partial charge in [-0.3, -0.25) is 14.3 Å². The molecule has 0 aromatic heterocycles. The van der Waals surface area contributed by atoms with Gasteiger partial charge < -0.3 is 4.90 Å². The van der Waals surface area contributed by atoms with Crippen molar-refractivity contribution in [1.29, 1.82) is 0 Å². The van der Waals surface area contributed by atoms with Crippen LogP contribution in [0.2, 0.25) is 0 Å². The Bertz CT molecular complexity index is 358. The average molecular weight is 302 g/mol. The van der Waals surface area contributed by atoms with Gasteiger partial charge in [0.2, 0.25) is 5.91 Å². The zero-order valence-corrected chi connectivity index (χ0v) is 14.5. The summed E-state index contributed by atoms with van der Waals surface area (Å²) in [7, 11) is -0.796. The molecule has 1 N–H and O–H groups in total. The van der Waals surface area contributed by atoms with Gasteiger partial charge in [0.25, 0.3) is 0 Å². The fourth-order valence-corrected chi connectivity index (χ4v) is 3.47. The molecule has 0 aliphatic carbocycles. The average Bonchev–Trinajstić information content (AvgIpc) is 2.63. The summed E-state index contributed by atoms with van der Waals surface area (Å²) >= 11 is 0. The second-order valence-electron chi connectivity index (χ2n) is 6.70. The highest BCUT2D eigenvalue weighted by Crippen LogP contribution is 2.24. The van der Waals surface area contributed by atoms with Gasteiger partial charge in [0.15, 0.2) is 0 Å². The Hall–Kier alpha value is -0.420. The molecular weight excluding hydrogens is 272 g/mol. The number of amides is 1. The van der Waals surface area contributed by atoms with Gasteiger partial charge in [-0.25, -0.2) is 0 Å². The van der Waals surface area contributed by atoms with Gasteiger partial charge in [-0.1, -0.05) is 27.7 Å². The maximum atomic E-state index is 12.6. The first kappa shape index (κ1) is 17.6. The smallest absolute Gasteiger partial charge is 0.241 e. The van der Waals surface area contributed by atoms with Crippen molar-refractivity contribution in [2.45, 2.75) is 65.7 Å². The number of hydrogen-bond acceptors (Lipinski definition) is 3. The van der Waals surface area contributed by atoms with Crippen LogP contribution in [0.5, 0.6) is 0 Å². The SMILES string of the molecule is CC(C)CC1NC(C(C)C)N(C(C)CCS(C)=O)C1=O. The van der Waals surface area contributed by atoms with Crippen molar-refractivity contribution in [3.63, 3.8) is 0 Å². The number of nitrogens with zero attached hydrogens (tertiary/aromatic N) is 1. The largest absolute Gasteiger partial charge is 0.323 e. The van der Waals surface area contributed by atoms with Crippen molar-refractivity contribution in [3.8, 4) is 0 Å². The second kappa shape index (κ2) is 7.55. The van der Waals surface area contributed by atoms with Crippen LogP contribution < -0.4 is 5.32 Å². The van der Waals surface area contributed by atoms with Crippen molar-refractivity contribution < 1.29 is 9.00 Å². The Morgan fingerprint density at radius 3 is 2.30 bits per heavy atom. The van der Waals surface area contributed by atoms with Crippen LogP contribution in [0.25, 0.3) is 0 Å². The van der Waals surface area contributed by atoms with Crippen LogP contribution in [-0.4, -0.2) is 45.3 Å². The van der Waals surface area contributed by atoms with E-state index in [0.717, 1.165) is 12.8 Å². The predicted octanol–water partition coefficient (Wildman–Crippen LogP) is 1.97. The molecule has 0 bridgehead atoms. The van der Waals surface area contributed by atoms with E-state index in [1.165, 1.54) is 0 Å². The van der Waals surface area contributed by atoms with E-state index in [-0.39, 0.29) is 24.2 Å². The molecule has 0 saturated carbocycles. The lowest BCUT2D eigenvalue weighted by molar-refractivity contribution is -0.132. The zero-order chi connectivity index (χ0) is 15.4. The molecule has 4 atom stereocenters. The lowest BCUT2D eigenvalue weighted by atomic mass is 10.0. The molecule has 118 valence electrons. The summed E-state index contributed by atoms with van der Waals surface area (Å²) in [5.41, 5.74) is 0. The molecule has 0 spiro atoms. The van der Waals surface area contributed by atoms with Gasteiger partial charge in [-0.2, -0.15) is 0 Å². The van der Waals surface area contributed by atoms with Gasteiger partial charge in [-0.05, 0) is 31.6 Å². The third kappa shape index (κ3) is 4.55. The minimum Gasteiger partial charge on any atom is -0.323 e. The van der Waals surface area contributed by atoms with Crippen molar-refractivity contribution in [2.24, 2.45) is 11.8 Å². The molecular formula is C15H30N2O2S. The lowest BCUT2D eigenvalue weighted by Gasteiger charge is -2.32. The number of hydrogen-bond donors (Lipinski definition) is 1. The normalized spacial score (nSPS) is 26.6. The Kier molecular flexibility index (Phi) is 6.65. The first-order chi connectivity index (χ1) is 9.23. The zero-order valence-electron chi connectivity index (χ0n) is 13.7. The summed E-state index contributed by atoms with van der Waals surface area (Å²) in [4.78, 5) is 14.6. The highest BCUT2D eigenvalue weighted by molar-refractivity contribution is 7.84. The summed E-state index contributed by atoms with van der Waals surface area (Å²) in [5.74, 6) is 1.75. The Morgan fingerprint density at radius 1 is 1.25 bits per heavy atom. The summed E-state index contributed by atoms with van der Waals surface area (Å²) in [5, 5.41) is 3.49. The molecule has 4 nitrogen and oxygen atoms in total. The molecule has 0 radical (unpaired) electrons. The summed E-state index contributed by atoms with van der Waals surface area (Å²) in [6.07, 6.45) is 3.50. The van der Waals surface area contributed by atoms with Crippen molar-refractivity contribution in [3.05, 3.63) is 0 Å². The number of carbonyl (C=O) groups excluding carboxylic acids is 1. The molecule has 1 aliphatic rings. The second-order valence-corrected chi connectivity index (χ2v) is 8.25. The third-order valence-corrected chi connectivity index (χ3v) is 4.67. The molecule has 1 saturated heterocycles. The molecule has 1 aliphatic heterocycles. The van der Waals surface area contributed by atoms with E-state index in [4.69, 9.17) is 0 Å². The summed E-state index contributed by atoms with van der Waals surface area (Å²) in [6, 6.07) is 0.0837. The minimum absolute atomic E-state index is 0.0584. The fraction of sp³-hybridized carbons (Fsp3) is 0.933. The lowest BCUT2D eigenvalue weighted by Crippen LogP contribution is -2.46. The van der Waals surface area contributed by atoms with Gasteiger partial charge >= 0.3 is 0 Å². The van der Waals surface area contributed by atoms with E-state index in [0.29, 0.717) is 17.6 Å². The van der Waals surface area contributed by atoms with E-state index >= 15 is 0 Å². The molecule has 1 heterocycles. The monoisotopic (exact) mass is 302 g/mol. The molecule has 0 aromatic rings. The van der Waals surface area contributed by atoms with Gasteiger partial charge in [-0.15, -0.1) is 0 Å². The Morgan fingerprint density at radius 2 is 1.85 bits per heavy atom. The molecule has 20 heavy (non-hydrogen) atoms. The highest BCUT2D eigenvalue weighted by Gasteiger charge is 2.42. The molecule has 0 aromatic carbocycles. The molecule has 4 unspecified atom stereocenters. The predicted molar refractivity (Wildman–Crippen MR) is 84.9 cm³/mol. The maximum absolute atomic E-state index is 12.6. The van der Waals surface area contributed by atoms with Crippen LogP contribution >= 0.6 is 0 Å². The summed E-state index contributed by atoms with van der Waals surface area (Å²) in [6.45, 7) is 10.6. The molecule has 1 fully saturated rings. The van der Waals surface area contributed by atoms with E-state index in [2.05, 4.69) is 39.9 Å². The molecule has 1 amide bonds. The topological polar surface area (TPSA) is 49.4 Å². The number of nitrogens with one attached hydrogen (secondary N) is 1. The van der Waals surface area contributed by atoms with Crippen LogP contribution in [0.1, 0.15) is 47.5 Å². The van der Waals surface area contributed by atoms with Crippen molar-refractivity contribution >= 4 is 16.7 Å². The van der Waals surface area contributed by atoms with Gasteiger partial charge in [0, 0.05) is 28.9 Å². The maximum Gasteiger partial charge on any atom is 0.241 e. The standard InChI is InChI=1S/C15H30N2O2S/c1-10(2)9-13-15(18)17(14(16-13)11(3)4)12(5)7-8-20(6)19/h10-14,16H,7-9H2,1-6H3. The first-order valence-corrected chi connectivity index (χ1v) is 9.35. The molecule has 1 rings (SSSR count). The first-order valence-electron chi connectivity index (χ1n) is 7.62. The van der Waals surface area contributed by atoms with E-state index in [1.807, 2.05) is 4.90 Å². The molecule has 5 heteroatoms. The summed E-state index contributed by atoms with van der Waals surface area (Å²) < 4.78 is 11.3. The van der Waals surface area contributed by atoms with Crippen molar-refractivity contribution in [2.75, 3.05) is 12.0 Å².